The Labute approximate surface area is 70.6 Å². The summed E-state index contributed by atoms with van der Waals surface area (Å²) in [5, 5.41) is 0. The molecule has 2 nitrogen and oxygen atoms in total. The van der Waals surface area contributed by atoms with Crippen LogP contribution >= 0.6 is 12.4 Å². The van der Waals surface area contributed by atoms with Crippen LogP contribution in [0.1, 0.15) is 5.56 Å². The third-order valence-corrected chi connectivity index (χ3v) is 1.55. The third kappa shape index (κ3) is 1.21. The van der Waals surface area contributed by atoms with Crippen molar-refractivity contribution in [2.24, 2.45) is 0 Å². The van der Waals surface area contributed by atoms with Crippen molar-refractivity contribution in [1.82, 2.24) is 4.98 Å². The smallest absolute Gasteiger partial charge is 0.181 e. The van der Waals surface area contributed by atoms with Crippen LogP contribution in [0.4, 0.5) is 0 Å². The summed E-state index contributed by atoms with van der Waals surface area (Å²) in [5.41, 5.74) is 2.96. The molecule has 58 valence electrons. The lowest BCUT2D eigenvalue weighted by atomic mass is 10.2. The number of rotatable bonds is 0. The molecule has 11 heavy (non-hydrogen) atoms. The molecule has 0 atom stereocenters. The van der Waals surface area contributed by atoms with E-state index in [4.69, 9.17) is 4.42 Å². The second-order valence-electron chi connectivity index (χ2n) is 2.28. The number of hydrogen-bond donors (Lipinski definition) is 0. The molecule has 0 radical (unpaired) electrons. The zero-order chi connectivity index (χ0) is 6.97. The SMILES string of the molecule is Cc1cccc2ncoc12.Cl. The number of benzene rings is 1. The van der Waals surface area contributed by atoms with Gasteiger partial charge in [0.1, 0.15) is 5.52 Å². The van der Waals surface area contributed by atoms with E-state index >= 15 is 0 Å². The number of nitrogens with zero attached hydrogens (tertiary/aromatic N) is 1. The summed E-state index contributed by atoms with van der Waals surface area (Å²) in [6.07, 6.45) is 1.47. The fourth-order valence-corrected chi connectivity index (χ4v) is 1.03. The average Bonchev–Trinajstić information content (AvgIpc) is 2.36. The molecule has 0 aliphatic rings. The van der Waals surface area contributed by atoms with Crippen LogP contribution in [-0.2, 0) is 0 Å². The molecule has 1 aromatic heterocycles. The second kappa shape index (κ2) is 2.93. The van der Waals surface area contributed by atoms with E-state index < -0.39 is 0 Å². The summed E-state index contributed by atoms with van der Waals surface area (Å²) in [6.45, 7) is 2.01. The normalized spacial score (nSPS) is 9.55. The first-order valence-corrected chi connectivity index (χ1v) is 3.17. The van der Waals surface area contributed by atoms with Crippen LogP contribution in [0.3, 0.4) is 0 Å². The molecule has 1 aromatic carbocycles. The maximum absolute atomic E-state index is 5.14. The molecule has 0 N–H and O–H groups in total. The molecule has 0 saturated carbocycles. The highest BCUT2D eigenvalue weighted by Crippen LogP contribution is 2.15. The summed E-state index contributed by atoms with van der Waals surface area (Å²) < 4.78 is 5.14. The highest BCUT2D eigenvalue weighted by Gasteiger charge is 1.98. The first-order valence-electron chi connectivity index (χ1n) is 3.17. The molecule has 0 bridgehead atoms. The Balaban J connectivity index is 0.000000605. The Morgan fingerprint density at radius 1 is 1.36 bits per heavy atom. The van der Waals surface area contributed by atoms with Crippen molar-refractivity contribution in [3.63, 3.8) is 0 Å². The maximum atomic E-state index is 5.14. The molecular formula is C8H8ClNO. The molecule has 0 unspecified atom stereocenters. The average molecular weight is 170 g/mol. The van der Waals surface area contributed by atoms with Gasteiger partial charge in [-0.1, -0.05) is 12.1 Å². The standard InChI is InChI=1S/C8H7NO.ClH/c1-6-3-2-4-7-8(6)10-5-9-7;/h2-5H,1H3;1H. The van der Waals surface area contributed by atoms with Gasteiger partial charge in [-0.3, -0.25) is 0 Å². The van der Waals surface area contributed by atoms with E-state index in [1.54, 1.807) is 0 Å². The van der Waals surface area contributed by atoms with E-state index in [9.17, 15) is 0 Å². The van der Waals surface area contributed by atoms with Crippen LogP contribution in [0.15, 0.2) is 29.0 Å². The molecule has 2 aromatic rings. The fraction of sp³-hybridized carbons (Fsp3) is 0.125. The first kappa shape index (κ1) is 8.08. The first-order chi connectivity index (χ1) is 4.88. The second-order valence-corrected chi connectivity index (χ2v) is 2.28. The van der Waals surface area contributed by atoms with E-state index in [2.05, 4.69) is 4.98 Å². The Morgan fingerprint density at radius 2 is 2.18 bits per heavy atom. The van der Waals surface area contributed by atoms with Gasteiger partial charge in [0.2, 0.25) is 0 Å². The third-order valence-electron chi connectivity index (χ3n) is 1.55. The Kier molecular flexibility index (Phi) is 2.15. The van der Waals surface area contributed by atoms with Gasteiger partial charge < -0.3 is 4.42 Å². The molecule has 2 rings (SSSR count). The van der Waals surface area contributed by atoms with Crippen molar-refractivity contribution >= 4 is 23.5 Å². The number of oxazole rings is 1. The lowest BCUT2D eigenvalue weighted by molar-refractivity contribution is 0.600. The molecular weight excluding hydrogens is 162 g/mol. The molecule has 1 heterocycles. The van der Waals surface area contributed by atoms with Crippen molar-refractivity contribution in [2.75, 3.05) is 0 Å². The van der Waals surface area contributed by atoms with Gasteiger partial charge >= 0.3 is 0 Å². The van der Waals surface area contributed by atoms with Crippen LogP contribution in [0.2, 0.25) is 0 Å². The molecule has 0 aliphatic carbocycles. The zero-order valence-electron chi connectivity index (χ0n) is 6.07. The molecule has 0 amide bonds. The van der Waals surface area contributed by atoms with Crippen molar-refractivity contribution in [3.8, 4) is 0 Å². The highest BCUT2D eigenvalue weighted by molar-refractivity contribution is 5.85. The number of halogens is 1. The predicted molar refractivity (Wildman–Crippen MR) is 46.0 cm³/mol. The zero-order valence-corrected chi connectivity index (χ0v) is 6.89. The van der Waals surface area contributed by atoms with Gasteiger partial charge in [-0.2, -0.15) is 0 Å². The van der Waals surface area contributed by atoms with Crippen molar-refractivity contribution in [1.29, 1.82) is 0 Å². The summed E-state index contributed by atoms with van der Waals surface area (Å²) in [7, 11) is 0. The van der Waals surface area contributed by atoms with E-state index in [0.29, 0.717) is 0 Å². The van der Waals surface area contributed by atoms with Crippen molar-refractivity contribution < 1.29 is 4.42 Å². The van der Waals surface area contributed by atoms with E-state index in [0.717, 1.165) is 16.7 Å². The Morgan fingerprint density at radius 3 is 2.91 bits per heavy atom. The number of fused-ring (bicyclic) bond motifs is 1. The van der Waals surface area contributed by atoms with Gasteiger partial charge in [0, 0.05) is 0 Å². The largest absolute Gasteiger partial charge is 0.443 e. The van der Waals surface area contributed by atoms with Gasteiger partial charge in [0.15, 0.2) is 12.0 Å². The molecule has 3 heteroatoms. The number of aromatic nitrogens is 1. The number of aryl methyl sites for hydroxylation is 1. The number of para-hydroxylation sites is 1. The van der Waals surface area contributed by atoms with Crippen LogP contribution in [0, 0.1) is 6.92 Å². The predicted octanol–water partition coefficient (Wildman–Crippen LogP) is 2.56. The quantitative estimate of drug-likeness (QED) is 0.606. The van der Waals surface area contributed by atoms with Crippen LogP contribution in [0.25, 0.3) is 11.1 Å². The molecule has 0 aliphatic heterocycles. The van der Waals surface area contributed by atoms with E-state index in [-0.39, 0.29) is 12.4 Å². The minimum Gasteiger partial charge on any atom is -0.443 e. The minimum atomic E-state index is 0. The molecule has 0 saturated heterocycles. The van der Waals surface area contributed by atoms with Crippen LogP contribution in [-0.4, -0.2) is 4.98 Å². The monoisotopic (exact) mass is 169 g/mol. The summed E-state index contributed by atoms with van der Waals surface area (Å²) in [6, 6.07) is 5.92. The lowest BCUT2D eigenvalue weighted by Crippen LogP contribution is -1.71. The van der Waals surface area contributed by atoms with E-state index in [1.165, 1.54) is 6.39 Å². The van der Waals surface area contributed by atoms with Gasteiger partial charge in [0.25, 0.3) is 0 Å². The van der Waals surface area contributed by atoms with Crippen molar-refractivity contribution in [3.05, 3.63) is 30.2 Å². The van der Waals surface area contributed by atoms with Crippen molar-refractivity contribution in [2.45, 2.75) is 6.92 Å². The minimum absolute atomic E-state index is 0. The Bertz CT molecular complexity index is 356. The van der Waals surface area contributed by atoms with Gasteiger partial charge in [-0.05, 0) is 18.6 Å². The maximum Gasteiger partial charge on any atom is 0.181 e. The summed E-state index contributed by atoms with van der Waals surface area (Å²) in [4.78, 5) is 4.01. The topological polar surface area (TPSA) is 26.0 Å². The Hall–Kier alpha value is -1.02. The van der Waals surface area contributed by atoms with E-state index in [1.807, 2.05) is 25.1 Å². The molecule has 0 fully saturated rings. The van der Waals surface area contributed by atoms with Crippen LogP contribution < -0.4 is 0 Å². The van der Waals surface area contributed by atoms with Gasteiger partial charge in [0.05, 0.1) is 0 Å². The fourth-order valence-electron chi connectivity index (χ4n) is 1.03. The number of hydrogen-bond acceptors (Lipinski definition) is 2. The lowest BCUT2D eigenvalue weighted by Gasteiger charge is -1.88. The summed E-state index contributed by atoms with van der Waals surface area (Å²) >= 11 is 0. The summed E-state index contributed by atoms with van der Waals surface area (Å²) in [5.74, 6) is 0. The molecule has 0 spiro atoms. The van der Waals surface area contributed by atoms with Gasteiger partial charge in [-0.15, -0.1) is 12.4 Å². The van der Waals surface area contributed by atoms with Gasteiger partial charge in [-0.25, -0.2) is 4.98 Å². The highest BCUT2D eigenvalue weighted by atomic mass is 35.5. The van der Waals surface area contributed by atoms with Crippen LogP contribution in [0.5, 0.6) is 0 Å².